The summed E-state index contributed by atoms with van der Waals surface area (Å²) in [5, 5.41) is 3.93. The Morgan fingerprint density at radius 1 is 0.938 bits per heavy atom. The van der Waals surface area contributed by atoms with Crippen LogP contribution in [0.1, 0.15) is 14.3 Å². The Labute approximate surface area is 115 Å². The van der Waals surface area contributed by atoms with E-state index in [4.69, 9.17) is 0 Å². The monoisotopic (exact) mass is 227 g/mol. The minimum absolute atomic E-state index is 0. The first kappa shape index (κ1) is 13.1. The van der Waals surface area contributed by atoms with Gasteiger partial charge in [-0.2, -0.15) is 0 Å². The summed E-state index contributed by atoms with van der Waals surface area (Å²) in [6.45, 7) is 0. The average molecular weight is 227 g/mol. The number of rotatable bonds is 0. The molecule has 0 aliphatic carbocycles. The van der Waals surface area contributed by atoms with Crippen molar-refractivity contribution in [2.24, 2.45) is 0 Å². The van der Waals surface area contributed by atoms with Gasteiger partial charge in [-0.15, -0.1) is 0 Å². The van der Waals surface area contributed by atoms with E-state index in [1.54, 1.807) is 0 Å². The molecule has 0 spiro atoms. The van der Waals surface area contributed by atoms with E-state index in [9.17, 15) is 14.4 Å². The van der Waals surface area contributed by atoms with Crippen LogP contribution in [0.2, 0.25) is 0 Å². The van der Waals surface area contributed by atoms with E-state index in [-0.39, 0.29) is 48.2 Å². The van der Waals surface area contributed by atoms with Crippen LogP contribution in [0, 0.1) is 0 Å². The van der Waals surface area contributed by atoms with Crippen LogP contribution in [0.3, 0.4) is 0 Å². The molecule has 0 radical (unpaired) electrons. The molecule has 2 aromatic rings. The van der Waals surface area contributed by atoms with Gasteiger partial charge in [0.1, 0.15) is 0 Å². The van der Waals surface area contributed by atoms with Crippen LogP contribution in [0.25, 0.3) is 10.8 Å². The Morgan fingerprint density at radius 2 is 1.38 bits per heavy atom. The molecule has 4 nitrogen and oxygen atoms in total. The molecule has 2 amide bonds. The zero-order valence-corrected chi connectivity index (χ0v) is 10.9. The smallest absolute Gasteiger partial charge is 1.00 e. The Morgan fingerprint density at radius 3 is 1.62 bits per heavy atom. The van der Waals surface area contributed by atoms with Crippen LogP contribution >= 0.6 is 0 Å². The van der Waals surface area contributed by atoms with E-state index in [0.717, 1.165) is 10.8 Å². The molecular weight excluding hydrogens is 217 g/mol. The van der Waals surface area contributed by atoms with Gasteiger partial charge in [-0.25, -0.2) is 0 Å². The first-order chi connectivity index (χ1) is 7.18. The second-order valence-corrected chi connectivity index (χ2v) is 3.35. The van der Waals surface area contributed by atoms with Crippen molar-refractivity contribution >= 4 is 22.6 Å². The van der Waals surface area contributed by atoms with Crippen molar-refractivity contribution in [2.75, 3.05) is 0 Å². The Kier molecular flexibility index (Phi) is 4.41. The fourth-order valence-corrected chi connectivity index (χ4v) is 1.34. The predicted molar refractivity (Wildman–Crippen MR) is 56.1 cm³/mol. The second kappa shape index (κ2) is 5.39. The Hall–Kier alpha value is -0.970. The third-order valence-electron chi connectivity index (χ3n) is 2.21. The fourth-order valence-electron chi connectivity index (χ4n) is 1.34. The van der Waals surface area contributed by atoms with E-state index in [1.165, 1.54) is 0 Å². The number of amides is 2. The van der Waals surface area contributed by atoms with Crippen molar-refractivity contribution in [1.29, 1.82) is 0 Å². The molecule has 5 heteroatoms. The molecule has 1 aliphatic heterocycles. The molecule has 1 fully saturated rings. The first-order valence-corrected chi connectivity index (χ1v) is 4.65. The number of carbonyl (C=O) groups is 2. The summed E-state index contributed by atoms with van der Waals surface area (Å²) in [5.74, 6) is -0.296. The number of nitrogens with one attached hydrogen (secondary N) is 1. The maximum absolute atomic E-state index is 10.5. The van der Waals surface area contributed by atoms with Gasteiger partial charge in [0.2, 0.25) is 11.8 Å². The molecule has 1 N–H and O–H groups in total. The maximum atomic E-state index is 10.5. The largest absolute Gasteiger partial charge is 1.00 e. The van der Waals surface area contributed by atoms with Crippen molar-refractivity contribution in [3.8, 4) is 0 Å². The maximum Gasteiger partial charge on any atom is 1.00 e. The first-order valence-electron chi connectivity index (χ1n) is 4.65. The van der Waals surface area contributed by atoms with Crippen LogP contribution in [0.5, 0.6) is 0 Å². The molecule has 2 aromatic carbocycles. The summed E-state index contributed by atoms with van der Waals surface area (Å²) in [7, 11) is 0. The molecule has 3 rings (SSSR count). The summed E-state index contributed by atoms with van der Waals surface area (Å²) in [5.41, 5.74) is 0.218. The third kappa shape index (κ3) is 3.01. The summed E-state index contributed by atoms with van der Waals surface area (Å²) < 4.78 is 0. The van der Waals surface area contributed by atoms with E-state index in [2.05, 4.69) is 5.32 Å². The number of imide groups is 1. The van der Waals surface area contributed by atoms with Gasteiger partial charge in [0.15, 0.2) is 5.43 Å². The van der Waals surface area contributed by atoms with Crippen LogP contribution in [-0.4, -0.2) is 11.8 Å². The van der Waals surface area contributed by atoms with Crippen LogP contribution in [0.4, 0.5) is 0 Å². The SMILES string of the molecule is O=C1CCC(=O)N1.O=c1c2ccccc12.[H-].[Na+]. The van der Waals surface area contributed by atoms with Gasteiger partial charge in [0.05, 0.1) is 0 Å². The van der Waals surface area contributed by atoms with Gasteiger partial charge in [-0.3, -0.25) is 19.7 Å². The molecule has 0 unspecified atom stereocenters. The van der Waals surface area contributed by atoms with Crippen LogP contribution in [0.15, 0.2) is 29.1 Å². The molecular formula is C11H10NNaO3. The van der Waals surface area contributed by atoms with Gasteiger partial charge in [-0.1, -0.05) is 24.3 Å². The minimum atomic E-state index is -0.148. The molecule has 78 valence electrons. The molecule has 1 heterocycles. The Bertz CT molecular complexity index is 501. The van der Waals surface area contributed by atoms with Crippen molar-refractivity contribution in [2.45, 2.75) is 12.8 Å². The molecule has 0 aromatic heterocycles. The minimum Gasteiger partial charge on any atom is -1.00 e. The second-order valence-electron chi connectivity index (χ2n) is 3.35. The molecule has 0 bridgehead atoms. The standard InChI is InChI=1S/C7H4O.C4H5NO2.Na.H/c8-7-5-3-1-2-4-6(5)7;6-3-1-2-4(7)5-3;;/h1-4H;1-2H2,(H,5,6,7);;/q;;+1;-1. The zero-order valence-electron chi connectivity index (χ0n) is 9.95. The fraction of sp³-hybridized carbons (Fsp3) is 0.182. The topological polar surface area (TPSA) is 63.2 Å². The average Bonchev–Trinajstić information content (AvgIpc) is 2.73. The zero-order chi connectivity index (χ0) is 10.8. The number of hydrogen-bond donors (Lipinski definition) is 1. The van der Waals surface area contributed by atoms with Crippen LogP contribution in [-0.2, 0) is 9.59 Å². The molecule has 1 saturated heterocycles. The normalized spacial score (nSPS) is 14.2. The van der Waals surface area contributed by atoms with E-state index in [1.807, 2.05) is 24.3 Å². The molecule has 16 heavy (non-hydrogen) atoms. The quantitative estimate of drug-likeness (QED) is 0.403. The van der Waals surface area contributed by atoms with Crippen LogP contribution < -0.4 is 40.3 Å². The Balaban J connectivity index is 0.000000272. The van der Waals surface area contributed by atoms with Gasteiger partial charge in [0.25, 0.3) is 0 Å². The van der Waals surface area contributed by atoms with Gasteiger partial charge in [-0.05, 0) is 0 Å². The van der Waals surface area contributed by atoms with Gasteiger partial charge < -0.3 is 1.43 Å². The summed E-state index contributed by atoms with van der Waals surface area (Å²) in [6, 6.07) is 7.45. The van der Waals surface area contributed by atoms with Crippen molar-refractivity contribution < 1.29 is 40.6 Å². The van der Waals surface area contributed by atoms with Crippen molar-refractivity contribution in [3.63, 3.8) is 0 Å². The van der Waals surface area contributed by atoms with Gasteiger partial charge in [0, 0.05) is 23.6 Å². The summed E-state index contributed by atoms with van der Waals surface area (Å²) in [6.07, 6.45) is 0.748. The van der Waals surface area contributed by atoms with E-state index < -0.39 is 0 Å². The van der Waals surface area contributed by atoms with Gasteiger partial charge >= 0.3 is 29.6 Å². The predicted octanol–water partition coefficient (Wildman–Crippen LogP) is -2.38. The number of hydrogen-bond acceptors (Lipinski definition) is 3. The number of carbonyl (C=O) groups excluding carboxylic acids is 2. The summed E-state index contributed by atoms with van der Waals surface area (Å²) in [4.78, 5) is 30.8. The number of benzene rings is 1. The van der Waals surface area contributed by atoms with Crippen molar-refractivity contribution in [1.82, 2.24) is 5.32 Å². The van der Waals surface area contributed by atoms with E-state index in [0.29, 0.717) is 12.8 Å². The third-order valence-corrected chi connectivity index (χ3v) is 2.21. The molecule has 0 atom stereocenters. The molecule has 0 saturated carbocycles. The van der Waals surface area contributed by atoms with Crippen molar-refractivity contribution in [3.05, 3.63) is 34.5 Å². The van der Waals surface area contributed by atoms with E-state index >= 15 is 0 Å². The molecule has 1 aliphatic rings. The summed E-state index contributed by atoms with van der Waals surface area (Å²) >= 11 is 0. The number of fused-ring (bicyclic) bond motifs is 1.